The van der Waals surface area contributed by atoms with Crippen LogP contribution in [0.25, 0.3) is 0 Å². The summed E-state index contributed by atoms with van der Waals surface area (Å²) < 4.78 is 1.99. The van der Waals surface area contributed by atoms with E-state index in [4.69, 9.17) is 10.9 Å². The third kappa shape index (κ3) is 2.96. The predicted octanol–water partition coefficient (Wildman–Crippen LogP) is 1.55. The lowest BCUT2D eigenvalue weighted by atomic mass is 10.2. The minimum Gasteiger partial charge on any atom is -0.409 e. The molecular weight excluding hydrogens is 254 g/mol. The molecule has 6 nitrogen and oxygen atoms in total. The molecule has 6 heteroatoms. The van der Waals surface area contributed by atoms with Crippen LogP contribution in [0.5, 0.6) is 0 Å². The van der Waals surface area contributed by atoms with Crippen LogP contribution in [0, 0.1) is 0 Å². The van der Waals surface area contributed by atoms with E-state index in [2.05, 4.69) is 35.2 Å². The van der Waals surface area contributed by atoms with Gasteiger partial charge in [-0.1, -0.05) is 19.0 Å². The molecule has 0 bridgehead atoms. The first-order valence-electron chi connectivity index (χ1n) is 6.66. The van der Waals surface area contributed by atoms with Crippen LogP contribution in [-0.4, -0.2) is 25.8 Å². The van der Waals surface area contributed by atoms with E-state index in [1.165, 1.54) is 5.69 Å². The quantitative estimate of drug-likeness (QED) is 0.374. The molecule has 0 radical (unpaired) electrons. The van der Waals surface area contributed by atoms with Crippen molar-refractivity contribution in [2.45, 2.75) is 33.2 Å². The van der Waals surface area contributed by atoms with Crippen molar-refractivity contribution < 1.29 is 5.21 Å². The molecule has 0 saturated heterocycles. The Morgan fingerprint density at radius 3 is 2.80 bits per heavy atom. The molecule has 106 valence electrons. The van der Waals surface area contributed by atoms with Crippen LogP contribution < -0.4 is 5.73 Å². The van der Waals surface area contributed by atoms with Crippen LogP contribution in [0.4, 0.5) is 0 Å². The highest BCUT2D eigenvalue weighted by atomic mass is 16.4. The minimum absolute atomic E-state index is 0.0114. The molecule has 0 aliphatic rings. The molecule has 2 aromatic rings. The number of aromatic nitrogens is 3. The van der Waals surface area contributed by atoms with Gasteiger partial charge in [0.05, 0.1) is 12.2 Å². The van der Waals surface area contributed by atoms with Crippen molar-refractivity contribution in [3.05, 3.63) is 47.0 Å². The zero-order valence-electron chi connectivity index (χ0n) is 11.7. The van der Waals surface area contributed by atoms with Crippen LogP contribution in [-0.2, 0) is 19.4 Å². The molecule has 0 atom stereocenters. The number of amidine groups is 1. The van der Waals surface area contributed by atoms with Gasteiger partial charge in [-0.3, -0.25) is 9.67 Å². The van der Waals surface area contributed by atoms with Crippen molar-refractivity contribution in [2.24, 2.45) is 10.9 Å². The van der Waals surface area contributed by atoms with E-state index < -0.39 is 0 Å². The number of nitrogens with zero attached hydrogens (tertiary/aromatic N) is 4. The Morgan fingerprint density at radius 2 is 2.15 bits per heavy atom. The normalized spacial score (nSPS) is 11.8. The number of aryl methyl sites for hydroxylation is 2. The number of hydrogen-bond donors (Lipinski definition) is 2. The first kappa shape index (κ1) is 14.0. The SMILES string of the molecule is CCc1cc(CC)n(Cc2ccnc(/C(N)=N/O)c2)n1. The van der Waals surface area contributed by atoms with Crippen LogP contribution in [0.2, 0.25) is 0 Å². The second-order valence-corrected chi connectivity index (χ2v) is 4.53. The lowest BCUT2D eigenvalue weighted by molar-refractivity contribution is 0.318. The molecule has 3 N–H and O–H groups in total. The van der Waals surface area contributed by atoms with E-state index in [1.807, 2.05) is 16.8 Å². The lowest BCUT2D eigenvalue weighted by Crippen LogP contribution is -2.15. The smallest absolute Gasteiger partial charge is 0.188 e. The van der Waals surface area contributed by atoms with Gasteiger partial charge in [0.25, 0.3) is 0 Å². The first-order chi connectivity index (χ1) is 9.67. The summed E-state index contributed by atoms with van der Waals surface area (Å²) in [5.74, 6) is 0.0114. The fraction of sp³-hybridized carbons (Fsp3) is 0.357. The summed E-state index contributed by atoms with van der Waals surface area (Å²) in [6, 6.07) is 5.84. The molecule has 2 aromatic heterocycles. The van der Waals surface area contributed by atoms with Gasteiger partial charge in [-0.2, -0.15) is 5.10 Å². The second kappa shape index (κ2) is 6.18. The number of pyridine rings is 1. The highest BCUT2D eigenvalue weighted by Gasteiger charge is 2.07. The van der Waals surface area contributed by atoms with Crippen LogP contribution in [0.3, 0.4) is 0 Å². The van der Waals surface area contributed by atoms with Gasteiger partial charge in [0, 0.05) is 11.9 Å². The highest BCUT2D eigenvalue weighted by Crippen LogP contribution is 2.10. The molecular formula is C14H19N5O. The van der Waals surface area contributed by atoms with Crippen molar-refractivity contribution in [2.75, 3.05) is 0 Å². The zero-order chi connectivity index (χ0) is 14.5. The average Bonchev–Trinajstić information content (AvgIpc) is 2.88. The summed E-state index contributed by atoms with van der Waals surface area (Å²) in [5.41, 5.74) is 9.32. The Labute approximate surface area is 117 Å². The number of hydrogen-bond acceptors (Lipinski definition) is 4. The molecule has 0 unspecified atom stereocenters. The van der Waals surface area contributed by atoms with Gasteiger partial charge in [0.15, 0.2) is 5.84 Å². The Hall–Kier alpha value is -2.37. The van der Waals surface area contributed by atoms with E-state index in [0.29, 0.717) is 12.2 Å². The van der Waals surface area contributed by atoms with Gasteiger partial charge in [-0.05, 0) is 36.6 Å². The Morgan fingerprint density at radius 1 is 1.35 bits per heavy atom. The summed E-state index contributed by atoms with van der Waals surface area (Å²) in [5, 5.41) is 16.2. The third-order valence-electron chi connectivity index (χ3n) is 3.17. The minimum atomic E-state index is 0.0114. The monoisotopic (exact) mass is 273 g/mol. The van der Waals surface area contributed by atoms with Gasteiger partial charge >= 0.3 is 0 Å². The van der Waals surface area contributed by atoms with Crippen molar-refractivity contribution in [1.29, 1.82) is 0 Å². The maximum atomic E-state index is 8.69. The van der Waals surface area contributed by atoms with E-state index in [9.17, 15) is 0 Å². The predicted molar refractivity (Wildman–Crippen MR) is 76.8 cm³/mol. The summed E-state index contributed by atoms with van der Waals surface area (Å²) in [6.07, 6.45) is 3.51. The molecule has 0 spiro atoms. The summed E-state index contributed by atoms with van der Waals surface area (Å²) in [4.78, 5) is 4.07. The third-order valence-corrected chi connectivity index (χ3v) is 3.17. The lowest BCUT2D eigenvalue weighted by Gasteiger charge is -2.07. The van der Waals surface area contributed by atoms with E-state index in [1.54, 1.807) is 6.20 Å². The van der Waals surface area contributed by atoms with Gasteiger partial charge < -0.3 is 10.9 Å². The molecule has 0 aliphatic carbocycles. The maximum Gasteiger partial charge on any atom is 0.188 e. The van der Waals surface area contributed by atoms with Crippen molar-refractivity contribution in [3.8, 4) is 0 Å². The first-order valence-corrected chi connectivity index (χ1v) is 6.66. The van der Waals surface area contributed by atoms with E-state index in [-0.39, 0.29) is 5.84 Å². The van der Waals surface area contributed by atoms with Crippen molar-refractivity contribution >= 4 is 5.84 Å². The van der Waals surface area contributed by atoms with Crippen molar-refractivity contribution in [1.82, 2.24) is 14.8 Å². The fourth-order valence-corrected chi connectivity index (χ4v) is 2.05. The topological polar surface area (TPSA) is 89.3 Å². The zero-order valence-corrected chi connectivity index (χ0v) is 11.7. The highest BCUT2D eigenvalue weighted by molar-refractivity contribution is 5.95. The molecule has 20 heavy (non-hydrogen) atoms. The number of nitrogens with two attached hydrogens (primary N) is 1. The molecule has 0 saturated carbocycles. The van der Waals surface area contributed by atoms with Crippen LogP contribution in [0.1, 0.15) is 36.5 Å². The summed E-state index contributed by atoms with van der Waals surface area (Å²) in [7, 11) is 0. The fourth-order valence-electron chi connectivity index (χ4n) is 2.05. The number of rotatable bonds is 5. The molecule has 2 heterocycles. The standard InChI is InChI=1S/C14H19N5O/c1-3-11-8-12(4-2)19(17-11)9-10-5-6-16-13(7-10)14(15)18-20/h5-8,20H,3-4,9H2,1-2H3,(H2,15,18). The molecule has 2 rings (SSSR count). The van der Waals surface area contributed by atoms with Gasteiger partial charge in [0.1, 0.15) is 5.69 Å². The van der Waals surface area contributed by atoms with Crippen molar-refractivity contribution in [3.63, 3.8) is 0 Å². The second-order valence-electron chi connectivity index (χ2n) is 4.53. The average molecular weight is 273 g/mol. The Bertz CT molecular complexity index is 618. The van der Waals surface area contributed by atoms with Gasteiger partial charge in [0.2, 0.25) is 0 Å². The molecule has 0 amide bonds. The Balaban J connectivity index is 2.28. The summed E-state index contributed by atoms with van der Waals surface area (Å²) >= 11 is 0. The van der Waals surface area contributed by atoms with E-state index >= 15 is 0 Å². The maximum absolute atomic E-state index is 8.69. The van der Waals surface area contributed by atoms with Gasteiger partial charge in [-0.15, -0.1) is 0 Å². The van der Waals surface area contributed by atoms with Crippen LogP contribution >= 0.6 is 0 Å². The van der Waals surface area contributed by atoms with E-state index in [0.717, 1.165) is 24.1 Å². The van der Waals surface area contributed by atoms with Crippen LogP contribution in [0.15, 0.2) is 29.6 Å². The number of oxime groups is 1. The van der Waals surface area contributed by atoms with Gasteiger partial charge in [-0.25, -0.2) is 0 Å². The largest absolute Gasteiger partial charge is 0.409 e. The molecule has 0 aromatic carbocycles. The molecule has 0 fully saturated rings. The molecule has 0 aliphatic heterocycles. The Kier molecular flexibility index (Phi) is 4.34. The summed E-state index contributed by atoms with van der Waals surface area (Å²) in [6.45, 7) is 4.85.